The molecule has 0 fully saturated rings. The number of rotatable bonds is 4. The van der Waals surface area contributed by atoms with Gasteiger partial charge in [0, 0.05) is 16.8 Å². The summed E-state index contributed by atoms with van der Waals surface area (Å²) in [5.74, 6) is -0.179. The molecule has 2 aromatic carbocycles. The predicted molar refractivity (Wildman–Crippen MR) is 85.0 cm³/mol. The number of hydrogen-bond donors (Lipinski definition) is 1. The Morgan fingerprint density at radius 1 is 1.00 bits per heavy atom. The van der Waals surface area contributed by atoms with Crippen LogP contribution in [0.3, 0.4) is 0 Å². The fraction of sp³-hybridized carbons (Fsp3) is 0.222. The van der Waals surface area contributed by atoms with Crippen LogP contribution < -0.4 is 5.32 Å². The molecule has 3 heteroatoms. The lowest BCUT2D eigenvalue weighted by atomic mass is 10.1. The first-order valence-corrected chi connectivity index (χ1v) is 7.03. The maximum absolute atomic E-state index is 12.2. The summed E-state index contributed by atoms with van der Waals surface area (Å²) in [6.07, 6.45) is 0.979. The van der Waals surface area contributed by atoms with Gasteiger partial charge >= 0.3 is 0 Å². The van der Waals surface area contributed by atoms with Gasteiger partial charge < -0.3 is 5.32 Å². The third-order valence-electron chi connectivity index (χ3n) is 3.53. The van der Waals surface area contributed by atoms with E-state index in [2.05, 4.69) is 12.2 Å². The van der Waals surface area contributed by atoms with Gasteiger partial charge in [0.1, 0.15) is 0 Å². The van der Waals surface area contributed by atoms with Crippen molar-refractivity contribution in [2.24, 2.45) is 0 Å². The van der Waals surface area contributed by atoms with E-state index in [4.69, 9.17) is 0 Å². The Hall–Kier alpha value is -2.42. The highest BCUT2D eigenvalue weighted by molar-refractivity contribution is 6.05. The summed E-state index contributed by atoms with van der Waals surface area (Å²) in [4.78, 5) is 23.4. The van der Waals surface area contributed by atoms with Crippen LogP contribution in [0.15, 0.2) is 42.5 Å². The number of carbonyl (C=O) groups excluding carboxylic acids is 2. The Bertz CT molecular complexity index is 672. The first-order chi connectivity index (χ1) is 10.0. The zero-order valence-corrected chi connectivity index (χ0v) is 12.6. The average Bonchev–Trinajstić information content (AvgIpc) is 2.47. The molecule has 21 heavy (non-hydrogen) atoms. The molecule has 0 saturated heterocycles. The minimum absolute atomic E-state index is 0.00672. The zero-order valence-electron chi connectivity index (χ0n) is 12.6. The van der Waals surface area contributed by atoms with Crippen LogP contribution in [0.4, 0.5) is 5.69 Å². The van der Waals surface area contributed by atoms with Crippen molar-refractivity contribution in [2.45, 2.75) is 27.2 Å². The molecule has 0 atom stereocenters. The predicted octanol–water partition coefficient (Wildman–Crippen LogP) is 4.01. The normalized spacial score (nSPS) is 10.2. The first-order valence-electron chi connectivity index (χ1n) is 7.03. The van der Waals surface area contributed by atoms with E-state index < -0.39 is 0 Å². The highest BCUT2D eigenvalue weighted by Crippen LogP contribution is 2.16. The van der Waals surface area contributed by atoms with Gasteiger partial charge in [-0.1, -0.05) is 25.1 Å². The van der Waals surface area contributed by atoms with Gasteiger partial charge in [-0.3, -0.25) is 9.59 Å². The van der Waals surface area contributed by atoms with E-state index in [1.54, 1.807) is 24.3 Å². The standard InChI is InChI=1S/C18H19NO2/c1-4-14-9-10-17(11-12(14)2)19-18(21)16-7-5-15(6-8-16)13(3)20/h5-11H,4H2,1-3H3,(H,19,21). The molecule has 1 N–H and O–H groups in total. The molecule has 108 valence electrons. The monoisotopic (exact) mass is 281 g/mol. The van der Waals surface area contributed by atoms with Crippen LogP contribution in [0.25, 0.3) is 0 Å². The number of ketones is 1. The lowest BCUT2D eigenvalue weighted by molar-refractivity contribution is 0.101. The van der Waals surface area contributed by atoms with E-state index in [9.17, 15) is 9.59 Å². The van der Waals surface area contributed by atoms with Crippen LogP contribution >= 0.6 is 0 Å². The van der Waals surface area contributed by atoms with E-state index in [0.717, 1.165) is 12.1 Å². The van der Waals surface area contributed by atoms with Crippen molar-refractivity contribution < 1.29 is 9.59 Å². The third kappa shape index (κ3) is 3.57. The quantitative estimate of drug-likeness (QED) is 0.861. The van der Waals surface area contributed by atoms with Gasteiger partial charge in [0.25, 0.3) is 5.91 Å². The number of Topliss-reactive ketones (excluding diaryl/α,β-unsaturated/α-hetero) is 1. The van der Waals surface area contributed by atoms with E-state index in [1.165, 1.54) is 18.1 Å². The van der Waals surface area contributed by atoms with Crippen molar-refractivity contribution in [1.29, 1.82) is 0 Å². The fourth-order valence-electron chi connectivity index (χ4n) is 2.23. The summed E-state index contributed by atoms with van der Waals surface area (Å²) in [5.41, 5.74) is 4.37. The summed E-state index contributed by atoms with van der Waals surface area (Å²) in [5, 5.41) is 2.88. The Morgan fingerprint density at radius 2 is 1.62 bits per heavy atom. The number of benzene rings is 2. The molecule has 0 aliphatic rings. The molecule has 2 aromatic rings. The summed E-state index contributed by atoms with van der Waals surface area (Å²) < 4.78 is 0. The molecule has 0 radical (unpaired) electrons. The minimum atomic E-state index is -0.172. The molecular formula is C18H19NO2. The largest absolute Gasteiger partial charge is 0.322 e. The number of anilines is 1. The van der Waals surface area contributed by atoms with Gasteiger partial charge in [-0.05, 0) is 55.7 Å². The second-order valence-electron chi connectivity index (χ2n) is 5.08. The first kappa shape index (κ1) is 15.0. The number of amides is 1. The summed E-state index contributed by atoms with van der Waals surface area (Å²) in [6.45, 7) is 5.65. The van der Waals surface area contributed by atoms with Crippen molar-refractivity contribution in [3.8, 4) is 0 Å². The number of aryl methyl sites for hydroxylation is 2. The van der Waals surface area contributed by atoms with Crippen LogP contribution in [-0.4, -0.2) is 11.7 Å². The van der Waals surface area contributed by atoms with Gasteiger partial charge in [-0.25, -0.2) is 0 Å². The lowest BCUT2D eigenvalue weighted by Gasteiger charge is -2.09. The Balaban J connectivity index is 2.14. The zero-order chi connectivity index (χ0) is 15.4. The van der Waals surface area contributed by atoms with Crippen LogP contribution in [-0.2, 0) is 6.42 Å². The second-order valence-corrected chi connectivity index (χ2v) is 5.08. The molecule has 0 bridgehead atoms. The van der Waals surface area contributed by atoms with Crippen LogP contribution in [0.5, 0.6) is 0 Å². The Kier molecular flexibility index (Phi) is 4.53. The van der Waals surface area contributed by atoms with Crippen molar-refractivity contribution in [2.75, 3.05) is 5.32 Å². The van der Waals surface area contributed by atoms with Crippen molar-refractivity contribution >= 4 is 17.4 Å². The van der Waals surface area contributed by atoms with Gasteiger partial charge in [0.15, 0.2) is 5.78 Å². The van der Waals surface area contributed by atoms with Crippen molar-refractivity contribution in [3.05, 3.63) is 64.7 Å². The molecule has 0 aliphatic carbocycles. The smallest absolute Gasteiger partial charge is 0.255 e. The molecule has 0 aliphatic heterocycles. The van der Waals surface area contributed by atoms with Crippen LogP contribution in [0, 0.1) is 6.92 Å². The maximum Gasteiger partial charge on any atom is 0.255 e. The van der Waals surface area contributed by atoms with Gasteiger partial charge in [0.05, 0.1) is 0 Å². The summed E-state index contributed by atoms with van der Waals surface area (Å²) in [6, 6.07) is 12.6. The van der Waals surface area contributed by atoms with Crippen molar-refractivity contribution in [1.82, 2.24) is 0 Å². The highest BCUT2D eigenvalue weighted by Gasteiger charge is 2.08. The third-order valence-corrected chi connectivity index (χ3v) is 3.53. The summed E-state index contributed by atoms with van der Waals surface area (Å²) in [7, 11) is 0. The van der Waals surface area contributed by atoms with Crippen LogP contribution in [0.1, 0.15) is 45.7 Å². The molecule has 3 nitrogen and oxygen atoms in total. The Labute approximate surface area is 125 Å². The molecule has 0 saturated carbocycles. The van der Waals surface area contributed by atoms with Crippen molar-refractivity contribution in [3.63, 3.8) is 0 Å². The van der Waals surface area contributed by atoms with Gasteiger partial charge in [-0.15, -0.1) is 0 Å². The van der Waals surface area contributed by atoms with E-state index in [0.29, 0.717) is 11.1 Å². The molecule has 0 heterocycles. The number of hydrogen-bond acceptors (Lipinski definition) is 2. The Morgan fingerprint density at radius 3 is 2.14 bits per heavy atom. The fourth-order valence-corrected chi connectivity index (χ4v) is 2.23. The van der Waals surface area contributed by atoms with Gasteiger partial charge in [-0.2, -0.15) is 0 Å². The topological polar surface area (TPSA) is 46.2 Å². The van der Waals surface area contributed by atoms with E-state index >= 15 is 0 Å². The number of nitrogens with one attached hydrogen (secondary N) is 1. The molecule has 1 amide bonds. The lowest BCUT2D eigenvalue weighted by Crippen LogP contribution is -2.12. The van der Waals surface area contributed by atoms with Crippen LogP contribution in [0.2, 0.25) is 0 Å². The minimum Gasteiger partial charge on any atom is -0.322 e. The van der Waals surface area contributed by atoms with E-state index in [-0.39, 0.29) is 11.7 Å². The second kappa shape index (κ2) is 6.35. The molecule has 0 spiro atoms. The molecule has 0 unspecified atom stereocenters. The summed E-state index contributed by atoms with van der Waals surface area (Å²) >= 11 is 0. The maximum atomic E-state index is 12.2. The van der Waals surface area contributed by atoms with Gasteiger partial charge in [0.2, 0.25) is 0 Å². The van der Waals surface area contributed by atoms with E-state index in [1.807, 2.05) is 25.1 Å². The SMILES string of the molecule is CCc1ccc(NC(=O)c2ccc(C(C)=O)cc2)cc1C. The highest BCUT2D eigenvalue weighted by atomic mass is 16.1. The number of carbonyl (C=O) groups is 2. The average molecular weight is 281 g/mol. The molecular weight excluding hydrogens is 262 g/mol. The molecule has 0 aromatic heterocycles. The molecule has 2 rings (SSSR count).